The Morgan fingerprint density at radius 1 is 0.949 bits per heavy atom. The van der Waals surface area contributed by atoms with Crippen molar-refractivity contribution in [2.45, 2.75) is 29.7 Å². The maximum Gasteiger partial charge on any atom is 0.397 e. The van der Waals surface area contributed by atoms with Gasteiger partial charge in [-0.05, 0) is 66.2 Å². The number of amides is 2. The average molecular weight is 638 g/mol. The van der Waals surface area contributed by atoms with Crippen LogP contribution in [0.4, 0.5) is 20.2 Å². The summed E-state index contributed by atoms with van der Waals surface area (Å²) >= 11 is 31.2. The first-order chi connectivity index (χ1) is 18.3. The molecule has 3 aromatic rings. The van der Waals surface area contributed by atoms with Crippen LogP contribution in [0.5, 0.6) is 5.75 Å². The number of rotatable bonds is 9. The van der Waals surface area contributed by atoms with Gasteiger partial charge in [-0.15, -0.1) is 23.2 Å². The second kappa shape index (κ2) is 11.6. The first kappa shape index (κ1) is 29.5. The third-order valence-electron chi connectivity index (χ3n) is 5.91. The molecule has 2 unspecified atom stereocenters. The molecule has 0 bridgehead atoms. The van der Waals surface area contributed by atoms with Crippen LogP contribution in [-0.2, 0) is 4.79 Å². The molecule has 0 aromatic heterocycles. The number of halogens is 7. The van der Waals surface area contributed by atoms with E-state index >= 15 is 0 Å². The minimum absolute atomic E-state index is 0.0283. The fourth-order valence-electron chi connectivity index (χ4n) is 3.87. The molecular formula is C26H20Cl5F2N3O3. The third kappa shape index (κ3) is 6.99. The minimum Gasteiger partial charge on any atom is -0.433 e. The van der Waals surface area contributed by atoms with E-state index < -0.39 is 40.5 Å². The Balaban J connectivity index is 1.40. The lowest BCUT2D eigenvalue weighted by molar-refractivity contribution is -0.177. The highest BCUT2D eigenvalue weighted by atomic mass is 35.5. The summed E-state index contributed by atoms with van der Waals surface area (Å²) in [6.45, 7) is 1.31. The molecule has 6 nitrogen and oxygen atoms in total. The van der Waals surface area contributed by atoms with Gasteiger partial charge < -0.3 is 10.1 Å². The smallest absolute Gasteiger partial charge is 0.397 e. The molecule has 0 spiro atoms. The number of carbonyl (C=O) groups excluding carboxylic acids is 2. The van der Waals surface area contributed by atoms with Gasteiger partial charge >= 0.3 is 6.11 Å². The van der Waals surface area contributed by atoms with Crippen LogP contribution in [-0.4, -0.2) is 22.3 Å². The topological polar surface area (TPSA) is 79.5 Å². The predicted molar refractivity (Wildman–Crippen MR) is 151 cm³/mol. The van der Waals surface area contributed by atoms with Crippen LogP contribution in [0.25, 0.3) is 0 Å². The summed E-state index contributed by atoms with van der Waals surface area (Å²) in [5.74, 6) is -2.45. The molecule has 1 aliphatic rings. The number of carbonyl (C=O) groups is 2. The molecule has 1 saturated carbocycles. The molecular weight excluding hydrogens is 618 g/mol. The Morgan fingerprint density at radius 2 is 1.56 bits per heavy atom. The van der Waals surface area contributed by atoms with Crippen molar-refractivity contribution in [3.63, 3.8) is 0 Å². The monoisotopic (exact) mass is 635 g/mol. The molecule has 4 rings (SSSR count). The zero-order valence-corrected chi connectivity index (χ0v) is 23.8. The highest BCUT2D eigenvalue weighted by Gasteiger charge is 2.67. The van der Waals surface area contributed by atoms with Crippen molar-refractivity contribution in [2.24, 2.45) is 5.92 Å². The summed E-state index contributed by atoms with van der Waals surface area (Å²) in [4.78, 5) is 25.8. The fraction of sp³-hybridized carbons (Fsp3) is 0.231. The van der Waals surface area contributed by atoms with Gasteiger partial charge in [0.25, 0.3) is 5.91 Å². The van der Waals surface area contributed by atoms with Gasteiger partial charge in [0.1, 0.15) is 10.1 Å². The molecule has 1 aliphatic carbocycles. The summed E-state index contributed by atoms with van der Waals surface area (Å²) in [5, 5.41) is 3.60. The number of anilines is 2. The van der Waals surface area contributed by atoms with E-state index in [2.05, 4.69) is 20.9 Å². The molecule has 2 atom stereocenters. The molecule has 3 aromatic carbocycles. The van der Waals surface area contributed by atoms with Gasteiger partial charge in [-0.25, -0.2) is 0 Å². The molecule has 39 heavy (non-hydrogen) atoms. The van der Waals surface area contributed by atoms with Crippen LogP contribution in [0.3, 0.4) is 0 Å². The number of ether oxygens (including phenoxy) is 1. The van der Waals surface area contributed by atoms with Crippen LogP contribution in [0.15, 0.2) is 60.7 Å². The first-order valence-corrected chi connectivity index (χ1v) is 13.4. The van der Waals surface area contributed by atoms with E-state index in [1.165, 1.54) is 49.4 Å². The lowest BCUT2D eigenvalue weighted by atomic mass is 10.1. The minimum atomic E-state index is -3.28. The lowest BCUT2D eigenvalue weighted by Crippen LogP contribution is -2.29. The van der Waals surface area contributed by atoms with Crippen molar-refractivity contribution in [2.75, 3.05) is 10.7 Å². The second-order valence-corrected chi connectivity index (χ2v) is 11.4. The molecule has 206 valence electrons. The van der Waals surface area contributed by atoms with Gasteiger partial charge in [0.2, 0.25) is 5.91 Å². The quantitative estimate of drug-likeness (QED) is 0.163. The van der Waals surface area contributed by atoms with E-state index in [0.29, 0.717) is 21.3 Å². The number of alkyl halides is 4. The van der Waals surface area contributed by atoms with E-state index in [9.17, 15) is 18.4 Å². The molecule has 0 radical (unpaired) electrons. The zero-order chi connectivity index (χ0) is 28.5. The van der Waals surface area contributed by atoms with E-state index in [-0.39, 0.29) is 22.0 Å². The standard InChI is InChI=1S/C26H20Cl5F2N3O3/c1-2-25(32,33)39-18-6-3-16(4-7-18)35-36-23(37)19-12-17(5-8-20(19)29)34-24(38)22-21(26(22,30)31)13-9-14(27)11-15(28)10-13/h3-12,21-22,35H,2H2,1H3,(H,34,38)(H,36,37). The summed E-state index contributed by atoms with van der Waals surface area (Å²) in [5.41, 5.74) is 6.49. The number of hydrogen-bond acceptors (Lipinski definition) is 4. The Morgan fingerprint density at radius 3 is 2.18 bits per heavy atom. The molecule has 0 heterocycles. The summed E-state index contributed by atoms with van der Waals surface area (Å²) in [7, 11) is 0. The zero-order valence-electron chi connectivity index (χ0n) is 20.0. The SMILES string of the molecule is CCC(F)(F)Oc1ccc(NNC(=O)c2cc(NC(=O)C3C(c4cc(Cl)cc(Cl)c4)C3(Cl)Cl)ccc2Cl)cc1. The van der Waals surface area contributed by atoms with Crippen molar-refractivity contribution < 1.29 is 23.1 Å². The normalized spacial score (nSPS) is 17.7. The summed E-state index contributed by atoms with van der Waals surface area (Å²) < 4.78 is 30.0. The predicted octanol–water partition coefficient (Wildman–Crippen LogP) is 8.31. The van der Waals surface area contributed by atoms with E-state index in [4.69, 9.17) is 58.0 Å². The van der Waals surface area contributed by atoms with Gasteiger partial charge in [0.05, 0.1) is 22.2 Å². The molecule has 3 N–H and O–H groups in total. The number of nitrogens with one attached hydrogen (secondary N) is 3. The van der Waals surface area contributed by atoms with Crippen molar-refractivity contribution >= 4 is 81.2 Å². The summed E-state index contributed by atoms with van der Waals surface area (Å²) in [6, 6.07) is 14.8. The van der Waals surface area contributed by atoms with Gasteiger partial charge in [-0.1, -0.05) is 41.7 Å². The largest absolute Gasteiger partial charge is 0.433 e. The molecule has 13 heteroatoms. The van der Waals surface area contributed by atoms with Crippen LogP contribution in [0.1, 0.15) is 35.2 Å². The highest BCUT2D eigenvalue weighted by Crippen LogP contribution is 2.65. The Kier molecular flexibility index (Phi) is 8.73. The average Bonchev–Trinajstić information content (AvgIpc) is 3.45. The van der Waals surface area contributed by atoms with E-state index in [0.717, 1.165) is 0 Å². The molecule has 0 saturated heterocycles. The Hall–Kier alpha value is -2.49. The van der Waals surface area contributed by atoms with Crippen LogP contribution >= 0.6 is 58.0 Å². The second-order valence-electron chi connectivity index (χ2n) is 8.71. The van der Waals surface area contributed by atoms with Gasteiger partial charge in [-0.2, -0.15) is 8.78 Å². The van der Waals surface area contributed by atoms with Crippen molar-refractivity contribution in [3.8, 4) is 5.75 Å². The Labute approximate surface area is 247 Å². The van der Waals surface area contributed by atoms with Crippen LogP contribution < -0.4 is 20.9 Å². The fourth-order valence-corrected chi connectivity index (χ4v) is 5.44. The van der Waals surface area contributed by atoms with E-state index in [1.807, 2.05) is 0 Å². The van der Waals surface area contributed by atoms with Crippen molar-refractivity contribution in [3.05, 3.63) is 86.9 Å². The molecule has 1 fully saturated rings. The Bertz CT molecular complexity index is 1390. The van der Waals surface area contributed by atoms with E-state index in [1.54, 1.807) is 18.2 Å². The number of benzene rings is 3. The van der Waals surface area contributed by atoms with Gasteiger partial charge in [0.15, 0.2) is 0 Å². The first-order valence-electron chi connectivity index (χ1n) is 11.5. The third-order valence-corrected chi connectivity index (χ3v) is 7.62. The van der Waals surface area contributed by atoms with Crippen molar-refractivity contribution in [1.29, 1.82) is 0 Å². The van der Waals surface area contributed by atoms with Crippen LogP contribution in [0.2, 0.25) is 15.1 Å². The van der Waals surface area contributed by atoms with Gasteiger partial charge in [-0.3, -0.25) is 20.4 Å². The lowest BCUT2D eigenvalue weighted by Gasteiger charge is -2.16. The highest BCUT2D eigenvalue weighted by molar-refractivity contribution is 6.53. The van der Waals surface area contributed by atoms with Crippen molar-refractivity contribution in [1.82, 2.24) is 5.43 Å². The maximum atomic E-state index is 13.4. The number of hydrogen-bond donors (Lipinski definition) is 3. The molecule has 2 amide bonds. The van der Waals surface area contributed by atoms with Gasteiger partial charge in [0, 0.05) is 28.1 Å². The molecule has 0 aliphatic heterocycles. The maximum absolute atomic E-state index is 13.4. The summed E-state index contributed by atoms with van der Waals surface area (Å²) in [6.07, 6.45) is -3.75. The number of hydrazine groups is 1. The van der Waals surface area contributed by atoms with Crippen LogP contribution in [0, 0.1) is 5.92 Å².